The minimum absolute atomic E-state index is 0.0938. The number of carbonyl (C=O) groups excluding carboxylic acids is 1. The zero-order chi connectivity index (χ0) is 15.2. The van der Waals surface area contributed by atoms with Gasteiger partial charge >= 0.3 is 0 Å². The van der Waals surface area contributed by atoms with E-state index in [1.165, 1.54) is 6.07 Å². The molecule has 2 N–H and O–H groups in total. The predicted octanol–water partition coefficient (Wildman–Crippen LogP) is 1.96. The van der Waals surface area contributed by atoms with E-state index in [1.807, 2.05) is 37.1 Å². The summed E-state index contributed by atoms with van der Waals surface area (Å²) >= 11 is 0. The number of pyridine rings is 1. The van der Waals surface area contributed by atoms with Crippen molar-refractivity contribution < 1.29 is 9.90 Å². The SMILES string of the molecule is Cc1ccc(O)cc1C(=O)NCCN(C)c1ccccn1. The van der Waals surface area contributed by atoms with Gasteiger partial charge in [-0.05, 0) is 36.8 Å². The number of hydrogen-bond acceptors (Lipinski definition) is 4. The molecule has 2 aromatic rings. The summed E-state index contributed by atoms with van der Waals surface area (Å²) in [6.07, 6.45) is 1.74. The summed E-state index contributed by atoms with van der Waals surface area (Å²) in [7, 11) is 1.92. The lowest BCUT2D eigenvalue weighted by atomic mass is 10.1. The molecule has 1 heterocycles. The van der Waals surface area contributed by atoms with E-state index in [4.69, 9.17) is 0 Å². The van der Waals surface area contributed by atoms with E-state index in [9.17, 15) is 9.90 Å². The van der Waals surface area contributed by atoms with Crippen LogP contribution in [0.25, 0.3) is 0 Å². The Hall–Kier alpha value is -2.56. The fourth-order valence-corrected chi connectivity index (χ4v) is 1.98. The maximum absolute atomic E-state index is 12.1. The second-order valence-electron chi connectivity index (χ2n) is 4.86. The molecule has 0 spiro atoms. The normalized spacial score (nSPS) is 10.2. The van der Waals surface area contributed by atoms with Gasteiger partial charge in [-0.2, -0.15) is 0 Å². The number of anilines is 1. The number of nitrogens with one attached hydrogen (secondary N) is 1. The lowest BCUT2D eigenvalue weighted by Crippen LogP contribution is -2.33. The fourth-order valence-electron chi connectivity index (χ4n) is 1.98. The van der Waals surface area contributed by atoms with Gasteiger partial charge < -0.3 is 15.3 Å². The van der Waals surface area contributed by atoms with Crippen LogP contribution in [-0.4, -0.2) is 36.1 Å². The van der Waals surface area contributed by atoms with Crippen LogP contribution >= 0.6 is 0 Å². The largest absolute Gasteiger partial charge is 0.508 e. The van der Waals surface area contributed by atoms with Crippen molar-refractivity contribution in [3.8, 4) is 5.75 Å². The summed E-state index contributed by atoms with van der Waals surface area (Å²) in [5.74, 6) is 0.773. The lowest BCUT2D eigenvalue weighted by molar-refractivity contribution is 0.0953. The second kappa shape index (κ2) is 6.74. The van der Waals surface area contributed by atoms with E-state index in [2.05, 4.69) is 10.3 Å². The van der Waals surface area contributed by atoms with E-state index in [0.29, 0.717) is 18.7 Å². The zero-order valence-electron chi connectivity index (χ0n) is 12.2. The molecule has 21 heavy (non-hydrogen) atoms. The van der Waals surface area contributed by atoms with Crippen molar-refractivity contribution in [3.63, 3.8) is 0 Å². The molecule has 0 saturated heterocycles. The Kier molecular flexibility index (Phi) is 4.77. The van der Waals surface area contributed by atoms with Crippen LogP contribution in [0.5, 0.6) is 5.75 Å². The van der Waals surface area contributed by atoms with E-state index in [1.54, 1.807) is 18.3 Å². The van der Waals surface area contributed by atoms with Crippen molar-refractivity contribution in [2.75, 3.05) is 25.0 Å². The summed E-state index contributed by atoms with van der Waals surface area (Å²) in [4.78, 5) is 18.3. The Morgan fingerprint density at radius 1 is 1.33 bits per heavy atom. The van der Waals surface area contributed by atoms with Crippen molar-refractivity contribution in [1.82, 2.24) is 10.3 Å². The summed E-state index contributed by atoms with van der Waals surface area (Å²) in [6, 6.07) is 10.5. The number of phenolic OH excluding ortho intramolecular Hbond substituents is 1. The molecule has 5 heteroatoms. The van der Waals surface area contributed by atoms with Crippen LogP contribution < -0.4 is 10.2 Å². The van der Waals surface area contributed by atoms with Crippen LogP contribution in [0.4, 0.5) is 5.82 Å². The van der Waals surface area contributed by atoms with Gasteiger partial charge in [-0.25, -0.2) is 4.98 Å². The van der Waals surface area contributed by atoms with Crippen LogP contribution in [0, 0.1) is 6.92 Å². The molecule has 110 valence electrons. The first-order valence-corrected chi connectivity index (χ1v) is 6.78. The number of aromatic nitrogens is 1. The molecule has 0 aliphatic carbocycles. The summed E-state index contributed by atoms with van der Waals surface area (Å²) in [6.45, 7) is 3.00. The van der Waals surface area contributed by atoms with Crippen LogP contribution in [0.15, 0.2) is 42.6 Å². The minimum atomic E-state index is -0.183. The van der Waals surface area contributed by atoms with Gasteiger partial charge in [0.15, 0.2) is 0 Å². The molecule has 0 radical (unpaired) electrons. The van der Waals surface area contributed by atoms with Crippen LogP contribution in [0.3, 0.4) is 0 Å². The highest BCUT2D eigenvalue weighted by Crippen LogP contribution is 2.15. The van der Waals surface area contributed by atoms with Crippen molar-refractivity contribution in [2.24, 2.45) is 0 Å². The van der Waals surface area contributed by atoms with Crippen LogP contribution in [0.1, 0.15) is 15.9 Å². The fraction of sp³-hybridized carbons (Fsp3) is 0.250. The number of nitrogens with zero attached hydrogens (tertiary/aromatic N) is 2. The molecule has 0 atom stereocenters. The highest BCUT2D eigenvalue weighted by Gasteiger charge is 2.10. The van der Waals surface area contributed by atoms with Crippen LogP contribution in [0.2, 0.25) is 0 Å². The summed E-state index contributed by atoms with van der Waals surface area (Å²) in [5, 5.41) is 12.3. The van der Waals surface area contributed by atoms with E-state index in [0.717, 1.165) is 11.4 Å². The molecule has 1 aromatic carbocycles. The number of hydrogen-bond donors (Lipinski definition) is 2. The van der Waals surface area contributed by atoms with Gasteiger partial charge in [0.2, 0.25) is 0 Å². The first kappa shape index (κ1) is 14.8. The average molecular weight is 285 g/mol. The van der Waals surface area contributed by atoms with Crippen LogP contribution in [-0.2, 0) is 0 Å². The van der Waals surface area contributed by atoms with Crippen molar-refractivity contribution >= 4 is 11.7 Å². The Bertz CT molecular complexity index is 614. The van der Waals surface area contributed by atoms with Gasteiger partial charge in [-0.15, -0.1) is 0 Å². The van der Waals surface area contributed by atoms with Gasteiger partial charge in [0.05, 0.1) is 0 Å². The number of amides is 1. The monoisotopic (exact) mass is 285 g/mol. The number of aryl methyl sites for hydroxylation is 1. The molecular formula is C16H19N3O2. The Labute approximate surface area is 124 Å². The third kappa shape index (κ3) is 3.95. The number of benzene rings is 1. The van der Waals surface area contributed by atoms with E-state index < -0.39 is 0 Å². The number of phenols is 1. The third-order valence-electron chi connectivity index (χ3n) is 3.24. The standard InChI is InChI=1S/C16H19N3O2/c1-12-6-7-13(20)11-14(12)16(21)18-9-10-19(2)15-5-3-4-8-17-15/h3-8,11,20H,9-10H2,1-2H3,(H,18,21). The van der Waals surface area contributed by atoms with Gasteiger partial charge in [0.1, 0.15) is 11.6 Å². The number of aromatic hydroxyl groups is 1. The molecule has 1 aromatic heterocycles. The first-order chi connectivity index (χ1) is 10.1. The number of carbonyl (C=O) groups is 1. The highest BCUT2D eigenvalue weighted by atomic mass is 16.3. The quantitative estimate of drug-likeness (QED) is 0.881. The van der Waals surface area contributed by atoms with E-state index in [-0.39, 0.29) is 11.7 Å². The molecule has 0 aliphatic heterocycles. The van der Waals surface area contributed by atoms with Crippen molar-refractivity contribution in [1.29, 1.82) is 0 Å². The number of likely N-dealkylation sites (N-methyl/N-ethyl adjacent to an activating group) is 1. The number of rotatable bonds is 5. The molecule has 5 nitrogen and oxygen atoms in total. The maximum atomic E-state index is 12.1. The summed E-state index contributed by atoms with van der Waals surface area (Å²) < 4.78 is 0. The van der Waals surface area contributed by atoms with Crippen molar-refractivity contribution in [2.45, 2.75) is 6.92 Å². The molecule has 2 rings (SSSR count). The Morgan fingerprint density at radius 2 is 2.14 bits per heavy atom. The molecule has 1 amide bonds. The van der Waals surface area contributed by atoms with Gasteiger partial charge in [0, 0.05) is 31.9 Å². The third-order valence-corrected chi connectivity index (χ3v) is 3.24. The molecule has 0 aliphatic rings. The first-order valence-electron chi connectivity index (χ1n) is 6.78. The minimum Gasteiger partial charge on any atom is -0.508 e. The zero-order valence-corrected chi connectivity index (χ0v) is 12.2. The van der Waals surface area contributed by atoms with Gasteiger partial charge in [-0.1, -0.05) is 12.1 Å². The molecule has 0 unspecified atom stereocenters. The lowest BCUT2D eigenvalue weighted by Gasteiger charge is -2.18. The highest BCUT2D eigenvalue weighted by molar-refractivity contribution is 5.96. The molecule has 0 fully saturated rings. The second-order valence-corrected chi connectivity index (χ2v) is 4.86. The molecule has 0 bridgehead atoms. The molecule has 0 saturated carbocycles. The van der Waals surface area contributed by atoms with Gasteiger partial charge in [0.25, 0.3) is 5.91 Å². The predicted molar refractivity (Wildman–Crippen MR) is 82.7 cm³/mol. The van der Waals surface area contributed by atoms with E-state index >= 15 is 0 Å². The Balaban J connectivity index is 1.88. The molecular weight excluding hydrogens is 266 g/mol. The average Bonchev–Trinajstić information content (AvgIpc) is 2.50. The van der Waals surface area contributed by atoms with Crippen molar-refractivity contribution in [3.05, 3.63) is 53.7 Å². The summed E-state index contributed by atoms with van der Waals surface area (Å²) in [5.41, 5.74) is 1.33. The topological polar surface area (TPSA) is 65.5 Å². The maximum Gasteiger partial charge on any atom is 0.251 e. The Morgan fingerprint density at radius 3 is 2.86 bits per heavy atom. The van der Waals surface area contributed by atoms with Gasteiger partial charge in [-0.3, -0.25) is 4.79 Å². The smallest absolute Gasteiger partial charge is 0.251 e.